The molecule has 1 aliphatic rings. The number of nitrogens with zero attached hydrogens (tertiary/aromatic N) is 2. The van der Waals surface area contributed by atoms with Crippen LogP contribution in [0.5, 0.6) is 0 Å². The van der Waals surface area contributed by atoms with Crippen molar-refractivity contribution in [1.29, 1.82) is 0 Å². The molecule has 6 heteroatoms. The van der Waals surface area contributed by atoms with Crippen molar-refractivity contribution in [3.8, 4) is 0 Å². The lowest BCUT2D eigenvalue weighted by Gasteiger charge is -2.26. The highest BCUT2D eigenvalue weighted by molar-refractivity contribution is 5.90. The summed E-state index contributed by atoms with van der Waals surface area (Å²) in [5.41, 5.74) is 2.34. The van der Waals surface area contributed by atoms with E-state index >= 15 is 0 Å². The van der Waals surface area contributed by atoms with E-state index in [9.17, 15) is 13.6 Å². The maximum atomic E-state index is 13.8. The van der Waals surface area contributed by atoms with E-state index in [1.165, 1.54) is 6.07 Å². The predicted molar refractivity (Wildman–Crippen MR) is 88.6 cm³/mol. The fourth-order valence-electron chi connectivity index (χ4n) is 2.57. The summed E-state index contributed by atoms with van der Waals surface area (Å²) in [7, 11) is 0. The van der Waals surface area contributed by atoms with Crippen LogP contribution >= 0.6 is 0 Å². The number of urea groups is 1. The number of rotatable bonds is 3. The van der Waals surface area contributed by atoms with E-state index in [1.807, 2.05) is 6.08 Å². The smallest absolute Gasteiger partial charge is 0.320 e. The Kier molecular flexibility index (Phi) is 4.84. The number of hydrogen-bond donors (Lipinski definition) is 1. The zero-order valence-corrected chi connectivity index (χ0v) is 13.0. The van der Waals surface area contributed by atoms with Crippen molar-refractivity contribution >= 4 is 17.3 Å². The fraction of sp³-hybridized carbons (Fsp3) is 0.222. The molecule has 4 nitrogen and oxygen atoms in total. The molecule has 1 aliphatic heterocycles. The molecule has 1 aromatic heterocycles. The largest absolute Gasteiger partial charge is 0.322 e. The van der Waals surface area contributed by atoms with Crippen LogP contribution in [0.15, 0.2) is 48.7 Å². The summed E-state index contributed by atoms with van der Waals surface area (Å²) < 4.78 is 26.2. The Morgan fingerprint density at radius 1 is 1.25 bits per heavy atom. The minimum absolute atomic E-state index is 0.236. The van der Waals surface area contributed by atoms with Crippen molar-refractivity contribution in [3.05, 3.63) is 65.7 Å². The SMILES string of the molecule is O=C(Nc1ccc(CF)cc1)N1CC=C(c2ncccc2F)CC1. The summed E-state index contributed by atoms with van der Waals surface area (Å²) in [4.78, 5) is 17.9. The summed E-state index contributed by atoms with van der Waals surface area (Å²) in [5, 5.41) is 2.77. The van der Waals surface area contributed by atoms with Crippen molar-refractivity contribution < 1.29 is 13.6 Å². The Labute approximate surface area is 138 Å². The van der Waals surface area contributed by atoms with Crippen LogP contribution in [0.2, 0.25) is 0 Å². The zero-order valence-electron chi connectivity index (χ0n) is 13.0. The normalized spacial score (nSPS) is 14.2. The van der Waals surface area contributed by atoms with Crippen LogP contribution in [0.3, 0.4) is 0 Å². The summed E-state index contributed by atoms with van der Waals surface area (Å²) in [6.07, 6.45) is 3.92. The van der Waals surface area contributed by atoms with E-state index in [0.717, 1.165) is 5.57 Å². The number of amides is 2. The monoisotopic (exact) mass is 329 g/mol. The van der Waals surface area contributed by atoms with Crippen molar-refractivity contribution in [2.45, 2.75) is 13.1 Å². The van der Waals surface area contributed by atoms with Gasteiger partial charge in [-0.1, -0.05) is 18.2 Å². The average molecular weight is 329 g/mol. The summed E-state index contributed by atoms with van der Waals surface area (Å²) in [6.45, 7) is 0.341. The maximum absolute atomic E-state index is 13.8. The number of carbonyl (C=O) groups is 1. The first-order valence-electron chi connectivity index (χ1n) is 7.68. The zero-order chi connectivity index (χ0) is 16.9. The number of anilines is 1. The second-order valence-electron chi connectivity index (χ2n) is 5.52. The third-order valence-corrected chi connectivity index (χ3v) is 3.92. The summed E-state index contributed by atoms with van der Waals surface area (Å²) in [6, 6.07) is 9.29. The Morgan fingerprint density at radius 2 is 2.04 bits per heavy atom. The second-order valence-corrected chi connectivity index (χ2v) is 5.52. The van der Waals surface area contributed by atoms with Gasteiger partial charge in [0.15, 0.2) is 0 Å². The molecule has 1 aromatic carbocycles. The molecule has 0 atom stereocenters. The fourth-order valence-corrected chi connectivity index (χ4v) is 2.57. The number of nitrogens with one attached hydrogen (secondary N) is 1. The molecule has 124 valence electrons. The minimum atomic E-state index is -0.530. The van der Waals surface area contributed by atoms with E-state index in [-0.39, 0.29) is 11.8 Å². The van der Waals surface area contributed by atoms with Gasteiger partial charge in [0.1, 0.15) is 18.2 Å². The maximum Gasteiger partial charge on any atom is 0.322 e. The molecule has 2 heterocycles. The molecule has 2 aromatic rings. The molecule has 0 saturated carbocycles. The highest BCUT2D eigenvalue weighted by Crippen LogP contribution is 2.23. The van der Waals surface area contributed by atoms with Gasteiger partial charge in [-0.2, -0.15) is 0 Å². The van der Waals surface area contributed by atoms with Gasteiger partial charge in [0.2, 0.25) is 0 Å². The molecular formula is C18H17F2N3O. The number of alkyl halides is 1. The quantitative estimate of drug-likeness (QED) is 0.925. The molecular weight excluding hydrogens is 312 g/mol. The standard InChI is InChI=1S/C18H17F2N3O/c19-12-13-3-5-15(6-4-13)22-18(24)23-10-7-14(8-11-23)17-16(20)2-1-9-21-17/h1-7,9H,8,10-12H2,(H,22,24). The molecule has 0 spiro atoms. The number of benzene rings is 1. The molecule has 0 saturated heterocycles. The van der Waals surface area contributed by atoms with Crippen LogP contribution in [0.1, 0.15) is 17.7 Å². The Morgan fingerprint density at radius 3 is 2.67 bits per heavy atom. The molecule has 0 fully saturated rings. The number of pyridine rings is 1. The summed E-state index contributed by atoms with van der Waals surface area (Å²) >= 11 is 0. The lowest BCUT2D eigenvalue weighted by molar-refractivity contribution is 0.217. The predicted octanol–water partition coefficient (Wildman–Crippen LogP) is 4.01. The van der Waals surface area contributed by atoms with Crippen LogP contribution in [0, 0.1) is 5.82 Å². The van der Waals surface area contributed by atoms with Crippen molar-refractivity contribution in [1.82, 2.24) is 9.88 Å². The first-order chi connectivity index (χ1) is 11.7. The molecule has 2 amide bonds. The van der Waals surface area contributed by atoms with Gasteiger partial charge in [-0.3, -0.25) is 4.98 Å². The lowest BCUT2D eigenvalue weighted by Crippen LogP contribution is -2.38. The van der Waals surface area contributed by atoms with Crippen molar-refractivity contribution in [2.75, 3.05) is 18.4 Å². The molecule has 0 bridgehead atoms. The highest BCUT2D eigenvalue weighted by atomic mass is 19.1. The first kappa shape index (κ1) is 16.1. The van der Waals surface area contributed by atoms with E-state index in [1.54, 1.807) is 41.4 Å². The van der Waals surface area contributed by atoms with Gasteiger partial charge < -0.3 is 10.2 Å². The third kappa shape index (κ3) is 3.59. The van der Waals surface area contributed by atoms with Crippen LogP contribution in [-0.2, 0) is 6.67 Å². The highest BCUT2D eigenvalue weighted by Gasteiger charge is 2.20. The van der Waals surface area contributed by atoms with Crippen LogP contribution in [0.25, 0.3) is 5.57 Å². The lowest BCUT2D eigenvalue weighted by atomic mass is 10.0. The van der Waals surface area contributed by atoms with Gasteiger partial charge in [-0.05, 0) is 41.8 Å². The molecule has 0 aliphatic carbocycles. The molecule has 1 N–H and O–H groups in total. The topological polar surface area (TPSA) is 45.2 Å². The van der Waals surface area contributed by atoms with E-state index in [2.05, 4.69) is 10.3 Å². The van der Waals surface area contributed by atoms with Crippen molar-refractivity contribution in [3.63, 3.8) is 0 Å². The third-order valence-electron chi connectivity index (χ3n) is 3.92. The van der Waals surface area contributed by atoms with Gasteiger partial charge in [-0.25, -0.2) is 13.6 Å². The van der Waals surface area contributed by atoms with E-state index < -0.39 is 6.67 Å². The number of halogens is 2. The molecule has 0 unspecified atom stereocenters. The van der Waals surface area contributed by atoms with Gasteiger partial charge in [-0.15, -0.1) is 0 Å². The number of aromatic nitrogens is 1. The van der Waals surface area contributed by atoms with E-state index in [4.69, 9.17) is 0 Å². The van der Waals surface area contributed by atoms with E-state index in [0.29, 0.717) is 36.5 Å². The van der Waals surface area contributed by atoms with Gasteiger partial charge >= 0.3 is 6.03 Å². The Bertz CT molecular complexity index is 759. The second kappa shape index (κ2) is 7.21. The first-order valence-corrected chi connectivity index (χ1v) is 7.68. The Balaban J connectivity index is 1.63. The van der Waals surface area contributed by atoms with Crippen LogP contribution in [-0.4, -0.2) is 29.0 Å². The van der Waals surface area contributed by atoms with Crippen molar-refractivity contribution in [2.24, 2.45) is 0 Å². The molecule has 3 rings (SSSR count). The summed E-state index contributed by atoms with van der Waals surface area (Å²) in [5.74, 6) is -0.352. The number of carbonyl (C=O) groups excluding carboxylic acids is 1. The molecule has 0 radical (unpaired) electrons. The van der Waals surface area contributed by atoms with Gasteiger partial charge in [0.05, 0.1) is 0 Å². The minimum Gasteiger partial charge on any atom is -0.320 e. The van der Waals surface area contributed by atoms with Crippen LogP contribution < -0.4 is 5.32 Å². The number of hydrogen-bond acceptors (Lipinski definition) is 2. The average Bonchev–Trinajstić information content (AvgIpc) is 2.63. The van der Waals surface area contributed by atoms with Gasteiger partial charge in [0, 0.05) is 25.0 Å². The van der Waals surface area contributed by atoms with Crippen LogP contribution in [0.4, 0.5) is 19.3 Å². The van der Waals surface area contributed by atoms with Gasteiger partial charge in [0.25, 0.3) is 0 Å². The Hall–Kier alpha value is -2.76. The molecule has 24 heavy (non-hydrogen) atoms.